The number of carbonyl (C=O) groups excluding carboxylic acids is 1. The van der Waals surface area contributed by atoms with E-state index in [1.807, 2.05) is 0 Å². The highest BCUT2D eigenvalue weighted by molar-refractivity contribution is 7.99. The predicted molar refractivity (Wildman–Crippen MR) is 49.6 cm³/mol. The van der Waals surface area contributed by atoms with E-state index < -0.39 is 0 Å². The number of rotatable bonds is 5. The first-order chi connectivity index (χ1) is 6.20. The molecule has 0 aliphatic rings. The lowest BCUT2D eigenvalue weighted by Crippen LogP contribution is -1.94. The van der Waals surface area contributed by atoms with Gasteiger partial charge in [-0.25, -0.2) is 4.68 Å². The van der Waals surface area contributed by atoms with Crippen LogP contribution in [0.15, 0.2) is 5.16 Å². The number of tetrazole rings is 1. The van der Waals surface area contributed by atoms with Crippen molar-refractivity contribution < 1.29 is 4.79 Å². The van der Waals surface area contributed by atoms with Crippen molar-refractivity contribution >= 4 is 28.6 Å². The minimum Gasteiger partial charge on any atom is -0.281 e. The smallest absolute Gasteiger partial charge is 0.221 e. The number of hydrogen-bond acceptors (Lipinski definition) is 5. The number of carbonyl (C=O) groups is 1. The molecular formula is C6H9ClN4OS. The van der Waals surface area contributed by atoms with Crippen LogP contribution in [-0.4, -0.2) is 31.2 Å². The Morgan fingerprint density at radius 1 is 1.69 bits per heavy atom. The molecule has 5 nitrogen and oxygen atoms in total. The lowest BCUT2D eigenvalue weighted by molar-refractivity contribution is -0.111. The van der Waals surface area contributed by atoms with E-state index in [0.717, 1.165) is 17.3 Å². The maximum absolute atomic E-state index is 10.4. The molecule has 0 radical (unpaired) electrons. The normalized spacial score (nSPS) is 10.3. The summed E-state index contributed by atoms with van der Waals surface area (Å²) in [6.07, 6.45) is 1.15. The quantitative estimate of drug-likeness (QED) is 0.418. The van der Waals surface area contributed by atoms with E-state index >= 15 is 0 Å². The zero-order valence-corrected chi connectivity index (χ0v) is 8.68. The maximum Gasteiger partial charge on any atom is 0.221 e. The minimum absolute atomic E-state index is 0.295. The van der Waals surface area contributed by atoms with Gasteiger partial charge in [0.25, 0.3) is 0 Å². The highest BCUT2D eigenvalue weighted by Crippen LogP contribution is 2.14. The van der Waals surface area contributed by atoms with Gasteiger partial charge in [0.2, 0.25) is 10.4 Å². The zero-order chi connectivity index (χ0) is 9.68. The summed E-state index contributed by atoms with van der Waals surface area (Å²) in [4.78, 5) is 10.4. The molecule has 0 spiro atoms. The second-order valence-corrected chi connectivity index (χ2v) is 3.88. The van der Waals surface area contributed by atoms with Crippen molar-refractivity contribution in [1.82, 2.24) is 20.2 Å². The van der Waals surface area contributed by atoms with E-state index in [4.69, 9.17) is 11.6 Å². The average Bonchev–Trinajstić information content (AvgIpc) is 2.45. The molecule has 13 heavy (non-hydrogen) atoms. The Hall–Kier alpha value is -0.620. The van der Waals surface area contributed by atoms with Crippen molar-refractivity contribution in [2.75, 3.05) is 5.75 Å². The summed E-state index contributed by atoms with van der Waals surface area (Å²) in [7, 11) is 1.77. The Labute approximate surface area is 84.8 Å². The molecule has 1 rings (SSSR count). The Balaban J connectivity index is 2.20. The fourth-order valence-electron chi connectivity index (χ4n) is 0.718. The van der Waals surface area contributed by atoms with Gasteiger partial charge in [-0.2, -0.15) is 0 Å². The third kappa shape index (κ3) is 3.73. The summed E-state index contributed by atoms with van der Waals surface area (Å²) in [5, 5.41) is 11.4. The van der Waals surface area contributed by atoms with Crippen molar-refractivity contribution in [3.8, 4) is 0 Å². The van der Waals surface area contributed by atoms with Gasteiger partial charge in [-0.15, -0.1) is 5.10 Å². The van der Waals surface area contributed by atoms with Gasteiger partial charge in [0.1, 0.15) is 0 Å². The monoisotopic (exact) mass is 220 g/mol. The van der Waals surface area contributed by atoms with Crippen LogP contribution in [0.3, 0.4) is 0 Å². The molecule has 1 aromatic heterocycles. The van der Waals surface area contributed by atoms with Gasteiger partial charge in [0.15, 0.2) is 0 Å². The van der Waals surface area contributed by atoms with Crippen LogP contribution >= 0.6 is 23.4 Å². The van der Waals surface area contributed by atoms with Gasteiger partial charge in [0.05, 0.1) is 0 Å². The lowest BCUT2D eigenvalue weighted by Gasteiger charge is -1.96. The summed E-state index contributed by atoms with van der Waals surface area (Å²) >= 11 is 6.69. The van der Waals surface area contributed by atoms with Crippen LogP contribution in [0.1, 0.15) is 12.8 Å². The van der Waals surface area contributed by atoms with E-state index in [1.54, 1.807) is 11.7 Å². The topological polar surface area (TPSA) is 60.7 Å². The lowest BCUT2D eigenvalue weighted by atomic mass is 10.4. The van der Waals surface area contributed by atoms with Crippen molar-refractivity contribution in [2.45, 2.75) is 18.0 Å². The number of aryl methyl sites for hydroxylation is 1. The molecule has 0 aliphatic heterocycles. The molecule has 0 atom stereocenters. The molecule has 0 saturated heterocycles. The fraction of sp³-hybridized carbons (Fsp3) is 0.667. The third-order valence-corrected chi connectivity index (χ3v) is 2.62. The van der Waals surface area contributed by atoms with Crippen LogP contribution in [0.4, 0.5) is 0 Å². The maximum atomic E-state index is 10.4. The van der Waals surface area contributed by atoms with Crippen molar-refractivity contribution in [1.29, 1.82) is 0 Å². The molecule has 0 amide bonds. The molecule has 0 unspecified atom stereocenters. The van der Waals surface area contributed by atoms with Crippen LogP contribution in [-0.2, 0) is 11.8 Å². The molecule has 0 bridgehead atoms. The Bertz CT molecular complexity index is 290. The molecule has 0 saturated carbocycles. The van der Waals surface area contributed by atoms with Gasteiger partial charge < -0.3 is 0 Å². The number of hydrogen-bond donors (Lipinski definition) is 0. The highest BCUT2D eigenvalue weighted by Gasteiger charge is 2.02. The van der Waals surface area contributed by atoms with E-state index in [2.05, 4.69) is 15.5 Å². The van der Waals surface area contributed by atoms with Gasteiger partial charge in [-0.3, -0.25) is 4.79 Å². The minimum atomic E-state index is -0.295. The summed E-state index contributed by atoms with van der Waals surface area (Å²) < 4.78 is 1.59. The third-order valence-electron chi connectivity index (χ3n) is 1.33. The molecule has 0 N–H and O–H groups in total. The van der Waals surface area contributed by atoms with Crippen LogP contribution in [0, 0.1) is 0 Å². The zero-order valence-electron chi connectivity index (χ0n) is 7.10. The highest BCUT2D eigenvalue weighted by atomic mass is 35.5. The van der Waals surface area contributed by atoms with E-state index in [1.165, 1.54) is 11.8 Å². The summed E-state index contributed by atoms with van der Waals surface area (Å²) in [5.74, 6) is 0.798. The number of aromatic nitrogens is 4. The molecule has 7 heteroatoms. The fourth-order valence-corrected chi connectivity index (χ4v) is 1.64. The van der Waals surface area contributed by atoms with Crippen molar-refractivity contribution in [2.24, 2.45) is 7.05 Å². The summed E-state index contributed by atoms with van der Waals surface area (Å²) in [5.41, 5.74) is 0. The van der Waals surface area contributed by atoms with Gasteiger partial charge in [-0.1, -0.05) is 11.8 Å². The standard InChI is InChI=1S/C6H9ClN4OS/c1-11-6(8-9-10-11)13-4-2-3-5(7)12/h2-4H2,1H3. The number of halogens is 1. The molecule has 0 fully saturated rings. The van der Waals surface area contributed by atoms with Crippen LogP contribution in [0.5, 0.6) is 0 Å². The van der Waals surface area contributed by atoms with E-state index in [9.17, 15) is 4.79 Å². The Morgan fingerprint density at radius 3 is 3.00 bits per heavy atom. The largest absolute Gasteiger partial charge is 0.281 e. The van der Waals surface area contributed by atoms with Crippen LogP contribution in [0.25, 0.3) is 0 Å². The molecule has 72 valence electrons. The number of thioether (sulfide) groups is 1. The molecular weight excluding hydrogens is 212 g/mol. The first-order valence-corrected chi connectivity index (χ1v) is 5.10. The van der Waals surface area contributed by atoms with Gasteiger partial charge in [-0.05, 0) is 28.4 Å². The molecule has 0 aromatic carbocycles. The first kappa shape index (κ1) is 10.5. The van der Waals surface area contributed by atoms with Crippen molar-refractivity contribution in [3.63, 3.8) is 0 Å². The van der Waals surface area contributed by atoms with E-state index in [-0.39, 0.29) is 5.24 Å². The van der Waals surface area contributed by atoms with Crippen LogP contribution < -0.4 is 0 Å². The Morgan fingerprint density at radius 2 is 2.46 bits per heavy atom. The first-order valence-electron chi connectivity index (χ1n) is 3.73. The van der Waals surface area contributed by atoms with Crippen LogP contribution in [0.2, 0.25) is 0 Å². The SMILES string of the molecule is Cn1nnnc1SCCCC(=O)Cl. The summed E-state index contributed by atoms with van der Waals surface area (Å²) in [6.45, 7) is 0. The Kier molecular flexibility index (Phi) is 4.17. The number of nitrogens with zero attached hydrogens (tertiary/aromatic N) is 4. The second kappa shape index (κ2) is 5.18. The average molecular weight is 221 g/mol. The van der Waals surface area contributed by atoms with Gasteiger partial charge >= 0.3 is 0 Å². The molecule has 0 aliphatic carbocycles. The molecule has 1 aromatic rings. The summed E-state index contributed by atoms with van der Waals surface area (Å²) in [6, 6.07) is 0. The van der Waals surface area contributed by atoms with E-state index in [0.29, 0.717) is 6.42 Å². The molecule has 1 heterocycles. The van der Waals surface area contributed by atoms with Crippen molar-refractivity contribution in [3.05, 3.63) is 0 Å². The second-order valence-electron chi connectivity index (χ2n) is 2.39. The van der Waals surface area contributed by atoms with Gasteiger partial charge in [0, 0.05) is 19.2 Å². The predicted octanol–water partition coefficient (Wildman–Crippen LogP) is 0.848.